The van der Waals surface area contributed by atoms with E-state index in [1.807, 2.05) is 12.1 Å². The first-order chi connectivity index (χ1) is 8.69. The van der Waals surface area contributed by atoms with Gasteiger partial charge in [0.2, 0.25) is 0 Å². The van der Waals surface area contributed by atoms with Crippen LogP contribution >= 0.6 is 0 Å². The molecule has 2 rings (SSSR count). The number of methoxy groups -OCH3 is 1. The average Bonchev–Trinajstić information content (AvgIpc) is 2.79. The quantitative estimate of drug-likeness (QED) is 0.858. The van der Waals surface area contributed by atoms with Gasteiger partial charge in [-0.15, -0.1) is 0 Å². The molecule has 1 heterocycles. The lowest BCUT2D eigenvalue weighted by atomic mass is 10.2. The smallest absolute Gasteiger partial charge is 0.332 e. The molecule has 0 saturated carbocycles. The Morgan fingerprint density at radius 3 is 2.72 bits per heavy atom. The molecule has 1 N–H and O–H groups in total. The Hall–Kier alpha value is -2.24. The van der Waals surface area contributed by atoms with Gasteiger partial charge < -0.3 is 10.1 Å². The first-order valence-corrected chi connectivity index (χ1v) is 5.62. The number of urea groups is 2. The number of amides is 4. The number of carbonyl (C=O) groups is 2. The summed E-state index contributed by atoms with van der Waals surface area (Å²) in [5.74, 6) is 0.615. The third-order valence-corrected chi connectivity index (χ3v) is 2.84. The maximum atomic E-state index is 12.1. The molecule has 4 amide bonds. The number of benzene rings is 1. The maximum Gasteiger partial charge on any atom is 0.332 e. The lowest BCUT2D eigenvalue weighted by Crippen LogP contribution is -2.41. The van der Waals surface area contributed by atoms with Crippen LogP contribution in [0.2, 0.25) is 0 Å². The van der Waals surface area contributed by atoms with E-state index in [1.165, 1.54) is 16.8 Å². The fraction of sp³-hybridized carbons (Fsp3) is 0.333. The normalized spacial score (nSPS) is 14.9. The minimum atomic E-state index is -0.391. The number of hydrogen-bond donors (Lipinski definition) is 1. The second-order valence-electron chi connectivity index (χ2n) is 3.81. The molecular formula is C12H15N3O3. The zero-order valence-electron chi connectivity index (χ0n) is 10.3. The van der Waals surface area contributed by atoms with Crippen molar-refractivity contribution in [3.05, 3.63) is 24.3 Å². The summed E-state index contributed by atoms with van der Waals surface area (Å²) >= 11 is 0. The van der Waals surface area contributed by atoms with Crippen LogP contribution in [-0.2, 0) is 0 Å². The molecule has 6 heteroatoms. The third kappa shape index (κ3) is 1.97. The Balaban J connectivity index is 2.26. The monoisotopic (exact) mass is 249 g/mol. The highest BCUT2D eigenvalue weighted by atomic mass is 16.5. The van der Waals surface area contributed by atoms with E-state index < -0.39 is 6.03 Å². The summed E-state index contributed by atoms with van der Waals surface area (Å²) in [7, 11) is 3.05. The van der Waals surface area contributed by atoms with Crippen LogP contribution in [0.15, 0.2) is 24.3 Å². The summed E-state index contributed by atoms with van der Waals surface area (Å²) in [5, 5.41) is 2.45. The summed E-state index contributed by atoms with van der Waals surface area (Å²) in [4.78, 5) is 26.3. The highest BCUT2D eigenvalue weighted by Crippen LogP contribution is 2.30. The van der Waals surface area contributed by atoms with Crippen molar-refractivity contribution in [3.63, 3.8) is 0 Å². The van der Waals surface area contributed by atoms with Crippen LogP contribution < -0.4 is 15.0 Å². The molecule has 1 aliphatic rings. The number of nitrogens with one attached hydrogen (secondary N) is 1. The number of anilines is 1. The molecule has 0 aliphatic carbocycles. The zero-order valence-corrected chi connectivity index (χ0v) is 10.3. The maximum absolute atomic E-state index is 12.1. The number of ether oxygens (including phenoxy) is 1. The van der Waals surface area contributed by atoms with Crippen molar-refractivity contribution in [1.82, 2.24) is 10.2 Å². The van der Waals surface area contributed by atoms with E-state index in [0.717, 1.165) is 0 Å². The second-order valence-corrected chi connectivity index (χ2v) is 3.81. The number of nitrogens with zero attached hydrogens (tertiary/aromatic N) is 2. The van der Waals surface area contributed by atoms with Gasteiger partial charge in [0.25, 0.3) is 0 Å². The van der Waals surface area contributed by atoms with Gasteiger partial charge >= 0.3 is 12.1 Å². The average molecular weight is 249 g/mol. The van der Waals surface area contributed by atoms with Gasteiger partial charge in [0.1, 0.15) is 5.75 Å². The molecule has 0 atom stereocenters. The molecular weight excluding hydrogens is 234 g/mol. The first-order valence-electron chi connectivity index (χ1n) is 5.62. The molecule has 1 aliphatic heterocycles. The molecule has 0 aromatic heterocycles. The SMILES string of the molecule is CNC(=O)N1CCN(c2ccccc2OC)C1=O. The van der Waals surface area contributed by atoms with Crippen molar-refractivity contribution in [2.45, 2.75) is 0 Å². The minimum absolute atomic E-state index is 0.334. The Morgan fingerprint density at radius 2 is 2.06 bits per heavy atom. The van der Waals surface area contributed by atoms with Crippen LogP contribution in [0.5, 0.6) is 5.75 Å². The summed E-state index contributed by atoms with van der Waals surface area (Å²) in [6.45, 7) is 0.836. The summed E-state index contributed by atoms with van der Waals surface area (Å²) in [6, 6.07) is 6.51. The molecule has 1 aromatic rings. The lowest BCUT2D eigenvalue weighted by Gasteiger charge is -2.19. The molecule has 0 bridgehead atoms. The minimum Gasteiger partial charge on any atom is -0.495 e. The Bertz CT molecular complexity index is 475. The van der Waals surface area contributed by atoms with Crippen LogP contribution in [0.1, 0.15) is 0 Å². The van der Waals surface area contributed by atoms with E-state index in [4.69, 9.17) is 4.74 Å². The Labute approximate surface area is 105 Å². The molecule has 0 spiro atoms. The van der Waals surface area contributed by atoms with E-state index in [2.05, 4.69) is 5.32 Å². The van der Waals surface area contributed by atoms with Crippen molar-refractivity contribution in [2.75, 3.05) is 32.1 Å². The highest BCUT2D eigenvalue weighted by molar-refractivity contribution is 6.04. The van der Waals surface area contributed by atoms with E-state index in [0.29, 0.717) is 24.5 Å². The van der Waals surface area contributed by atoms with Gasteiger partial charge in [0.15, 0.2) is 0 Å². The van der Waals surface area contributed by atoms with Crippen molar-refractivity contribution < 1.29 is 14.3 Å². The Morgan fingerprint density at radius 1 is 1.33 bits per heavy atom. The number of rotatable bonds is 2. The summed E-state index contributed by atoms with van der Waals surface area (Å²) < 4.78 is 5.22. The van der Waals surface area contributed by atoms with Gasteiger partial charge in [-0.05, 0) is 12.1 Å². The van der Waals surface area contributed by atoms with Crippen molar-refractivity contribution >= 4 is 17.7 Å². The van der Waals surface area contributed by atoms with E-state index in [1.54, 1.807) is 19.2 Å². The van der Waals surface area contributed by atoms with Crippen molar-refractivity contribution in [3.8, 4) is 5.75 Å². The zero-order chi connectivity index (χ0) is 13.1. The van der Waals surface area contributed by atoms with Gasteiger partial charge in [0.05, 0.1) is 19.3 Å². The fourth-order valence-corrected chi connectivity index (χ4v) is 1.94. The standard InChI is InChI=1S/C12H15N3O3/c1-13-11(16)15-8-7-14(12(15)17)9-5-3-4-6-10(9)18-2/h3-6H,7-8H2,1-2H3,(H,13,16). The van der Waals surface area contributed by atoms with Crippen LogP contribution in [0.4, 0.5) is 15.3 Å². The van der Waals surface area contributed by atoms with Crippen LogP contribution in [0.3, 0.4) is 0 Å². The van der Waals surface area contributed by atoms with E-state index in [-0.39, 0.29) is 6.03 Å². The molecule has 1 saturated heterocycles. The molecule has 6 nitrogen and oxygen atoms in total. The van der Waals surface area contributed by atoms with Crippen molar-refractivity contribution in [2.24, 2.45) is 0 Å². The van der Waals surface area contributed by atoms with Crippen LogP contribution in [-0.4, -0.2) is 44.2 Å². The lowest BCUT2D eigenvalue weighted by molar-refractivity contribution is 0.202. The summed E-state index contributed by atoms with van der Waals surface area (Å²) in [5.41, 5.74) is 0.677. The van der Waals surface area contributed by atoms with Crippen LogP contribution in [0.25, 0.3) is 0 Å². The molecule has 1 aromatic carbocycles. The van der Waals surface area contributed by atoms with Gasteiger partial charge in [-0.2, -0.15) is 0 Å². The molecule has 18 heavy (non-hydrogen) atoms. The molecule has 0 unspecified atom stereocenters. The predicted molar refractivity (Wildman–Crippen MR) is 66.9 cm³/mol. The second kappa shape index (κ2) is 4.95. The summed E-state index contributed by atoms with van der Waals surface area (Å²) in [6.07, 6.45) is 0. The van der Waals surface area contributed by atoms with Crippen LogP contribution in [0, 0.1) is 0 Å². The molecule has 1 fully saturated rings. The largest absolute Gasteiger partial charge is 0.495 e. The van der Waals surface area contributed by atoms with Crippen molar-refractivity contribution in [1.29, 1.82) is 0 Å². The number of hydrogen-bond acceptors (Lipinski definition) is 3. The molecule has 96 valence electrons. The van der Waals surface area contributed by atoms with Gasteiger partial charge in [0, 0.05) is 13.6 Å². The highest BCUT2D eigenvalue weighted by Gasteiger charge is 2.34. The molecule has 0 radical (unpaired) electrons. The van der Waals surface area contributed by atoms with E-state index in [9.17, 15) is 9.59 Å². The first kappa shape index (κ1) is 12.2. The topological polar surface area (TPSA) is 61.9 Å². The van der Waals surface area contributed by atoms with Gasteiger partial charge in [-0.25, -0.2) is 14.5 Å². The number of imide groups is 1. The fourth-order valence-electron chi connectivity index (χ4n) is 1.94. The number of para-hydroxylation sites is 2. The number of carbonyl (C=O) groups excluding carboxylic acids is 2. The van der Waals surface area contributed by atoms with E-state index >= 15 is 0 Å². The van der Waals surface area contributed by atoms with Gasteiger partial charge in [-0.1, -0.05) is 12.1 Å². The Kier molecular flexibility index (Phi) is 3.36. The predicted octanol–water partition coefficient (Wildman–Crippen LogP) is 1.28. The third-order valence-electron chi connectivity index (χ3n) is 2.84. The van der Waals surface area contributed by atoms with Gasteiger partial charge in [-0.3, -0.25) is 4.90 Å².